The maximum absolute atomic E-state index is 13.5. The van der Waals surface area contributed by atoms with Crippen LogP contribution in [0.3, 0.4) is 0 Å². The molecular weight excluding hydrogens is 437 g/mol. The third kappa shape index (κ3) is 5.80. The van der Waals surface area contributed by atoms with Crippen molar-refractivity contribution in [2.24, 2.45) is 5.73 Å². The van der Waals surface area contributed by atoms with Crippen molar-refractivity contribution in [3.63, 3.8) is 0 Å². The molecule has 1 fully saturated rings. The summed E-state index contributed by atoms with van der Waals surface area (Å²) >= 11 is 0. The molecule has 0 aliphatic carbocycles. The van der Waals surface area contributed by atoms with E-state index in [9.17, 15) is 14.0 Å². The molecule has 8 nitrogen and oxygen atoms in total. The van der Waals surface area contributed by atoms with E-state index in [0.29, 0.717) is 22.6 Å². The number of amides is 3. The molecule has 3 amide bonds. The Morgan fingerprint density at radius 2 is 1.88 bits per heavy atom. The highest BCUT2D eigenvalue weighted by Crippen LogP contribution is 2.30. The number of aromatic nitrogens is 1. The molecule has 0 saturated carbocycles. The first kappa shape index (κ1) is 23.0. The highest BCUT2D eigenvalue weighted by Gasteiger charge is 2.18. The maximum Gasteiger partial charge on any atom is 0.319 e. The molecule has 0 unspecified atom stereocenters. The van der Waals surface area contributed by atoms with Gasteiger partial charge in [-0.2, -0.15) is 0 Å². The van der Waals surface area contributed by atoms with Gasteiger partial charge < -0.3 is 26.0 Å². The summed E-state index contributed by atoms with van der Waals surface area (Å²) in [6, 6.07) is 13.8. The molecule has 2 aromatic carbocycles. The van der Waals surface area contributed by atoms with Gasteiger partial charge in [0.15, 0.2) is 0 Å². The molecule has 1 saturated heterocycles. The first-order valence-corrected chi connectivity index (χ1v) is 11.1. The Morgan fingerprint density at radius 1 is 1.06 bits per heavy atom. The summed E-state index contributed by atoms with van der Waals surface area (Å²) in [6.07, 6.45) is 4.86. The van der Waals surface area contributed by atoms with Crippen LogP contribution >= 0.6 is 0 Å². The van der Waals surface area contributed by atoms with Gasteiger partial charge in [-0.3, -0.25) is 4.79 Å². The molecule has 4 rings (SSSR count). The predicted octanol–water partition coefficient (Wildman–Crippen LogP) is 4.42. The molecule has 1 aliphatic heterocycles. The van der Waals surface area contributed by atoms with Gasteiger partial charge in [-0.25, -0.2) is 14.2 Å². The molecule has 2 heterocycles. The third-order valence-electron chi connectivity index (χ3n) is 5.53. The Labute approximate surface area is 196 Å². The monoisotopic (exact) mass is 463 g/mol. The SMILES string of the molecule is NC(=O)c1ccc(N2CCCCC2)c(NC(=O)NCc2cccnc2Oc2cccc(F)c2)c1. The van der Waals surface area contributed by atoms with E-state index in [2.05, 4.69) is 20.5 Å². The lowest BCUT2D eigenvalue weighted by Gasteiger charge is -2.30. The second kappa shape index (κ2) is 10.7. The van der Waals surface area contributed by atoms with E-state index < -0.39 is 17.8 Å². The largest absolute Gasteiger partial charge is 0.439 e. The zero-order valence-corrected chi connectivity index (χ0v) is 18.6. The highest BCUT2D eigenvalue weighted by molar-refractivity contribution is 5.98. The van der Waals surface area contributed by atoms with Crippen LogP contribution in [0.2, 0.25) is 0 Å². The summed E-state index contributed by atoms with van der Waals surface area (Å²) in [5, 5.41) is 5.62. The number of nitrogens with one attached hydrogen (secondary N) is 2. The minimum atomic E-state index is -0.567. The number of rotatable bonds is 7. The van der Waals surface area contributed by atoms with E-state index in [4.69, 9.17) is 10.5 Å². The lowest BCUT2D eigenvalue weighted by Crippen LogP contribution is -2.32. The number of hydrogen-bond acceptors (Lipinski definition) is 5. The second-order valence-electron chi connectivity index (χ2n) is 7.98. The van der Waals surface area contributed by atoms with Gasteiger partial charge in [-0.1, -0.05) is 12.1 Å². The first-order valence-electron chi connectivity index (χ1n) is 11.1. The lowest BCUT2D eigenvalue weighted by atomic mass is 10.1. The maximum atomic E-state index is 13.5. The Hall–Kier alpha value is -4.14. The van der Waals surface area contributed by atoms with E-state index in [1.54, 1.807) is 42.6 Å². The number of urea groups is 1. The van der Waals surface area contributed by atoms with Gasteiger partial charge in [0.05, 0.1) is 11.4 Å². The molecular formula is C25H26FN5O3. The van der Waals surface area contributed by atoms with Crippen molar-refractivity contribution in [3.05, 3.63) is 77.7 Å². The van der Waals surface area contributed by atoms with Crippen molar-refractivity contribution in [1.29, 1.82) is 0 Å². The van der Waals surface area contributed by atoms with Gasteiger partial charge in [0.25, 0.3) is 0 Å². The summed E-state index contributed by atoms with van der Waals surface area (Å²) < 4.78 is 19.2. The number of benzene rings is 2. The average Bonchev–Trinajstić information content (AvgIpc) is 2.84. The van der Waals surface area contributed by atoms with Crippen molar-refractivity contribution in [2.75, 3.05) is 23.3 Å². The van der Waals surface area contributed by atoms with E-state index in [0.717, 1.165) is 31.6 Å². The van der Waals surface area contributed by atoms with Crippen LogP contribution in [-0.4, -0.2) is 30.0 Å². The Bertz CT molecular complexity index is 1180. The van der Waals surface area contributed by atoms with Crippen molar-refractivity contribution < 1.29 is 18.7 Å². The second-order valence-corrected chi connectivity index (χ2v) is 7.98. The quantitative estimate of drug-likeness (QED) is 0.480. The van der Waals surface area contributed by atoms with Gasteiger partial charge in [0, 0.05) is 43.0 Å². The summed E-state index contributed by atoms with van der Waals surface area (Å²) in [4.78, 5) is 30.8. The van der Waals surface area contributed by atoms with Crippen LogP contribution < -0.4 is 26.0 Å². The zero-order chi connectivity index (χ0) is 23.9. The van der Waals surface area contributed by atoms with E-state index in [-0.39, 0.29) is 12.4 Å². The number of carbonyl (C=O) groups is 2. The summed E-state index contributed by atoms with van der Waals surface area (Å²) in [5.41, 5.74) is 7.73. The molecule has 0 bridgehead atoms. The molecule has 0 atom stereocenters. The number of ether oxygens (including phenoxy) is 1. The Kier molecular flexibility index (Phi) is 7.22. The lowest BCUT2D eigenvalue weighted by molar-refractivity contribution is 0.1000. The number of anilines is 2. The smallest absolute Gasteiger partial charge is 0.319 e. The normalized spacial score (nSPS) is 13.3. The van der Waals surface area contributed by atoms with Gasteiger partial charge in [0.2, 0.25) is 11.8 Å². The summed E-state index contributed by atoms with van der Waals surface area (Å²) in [6.45, 7) is 1.88. The standard InChI is InChI=1S/C25H26FN5O3/c26-19-7-4-8-20(15-19)34-24-18(6-5-11-28-24)16-29-25(33)30-21-14-17(23(27)32)9-10-22(21)31-12-2-1-3-13-31/h4-11,14-15H,1-3,12-13,16H2,(H2,27,32)(H2,29,30,33). The zero-order valence-electron chi connectivity index (χ0n) is 18.6. The molecule has 4 N–H and O–H groups in total. The number of primary amides is 1. The van der Waals surface area contributed by atoms with Crippen molar-refractivity contribution in [3.8, 4) is 11.6 Å². The van der Waals surface area contributed by atoms with Crippen molar-refractivity contribution >= 4 is 23.3 Å². The molecule has 34 heavy (non-hydrogen) atoms. The fourth-order valence-electron chi connectivity index (χ4n) is 3.83. The fourth-order valence-corrected chi connectivity index (χ4v) is 3.83. The number of hydrogen-bond donors (Lipinski definition) is 3. The molecule has 0 radical (unpaired) electrons. The minimum Gasteiger partial charge on any atom is -0.439 e. The molecule has 3 aromatic rings. The van der Waals surface area contributed by atoms with Gasteiger partial charge in [-0.15, -0.1) is 0 Å². The van der Waals surface area contributed by atoms with E-state index in [1.807, 2.05) is 6.07 Å². The first-order chi connectivity index (χ1) is 16.5. The van der Waals surface area contributed by atoms with Crippen molar-refractivity contribution in [1.82, 2.24) is 10.3 Å². The number of piperidine rings is 1. The molecule has 0 spiro atoms. The summed E-state index contributed by atoms with van der Waals surface area (Å²) in [7, 11) is 0. The fraction of sp³-hybridized carbons (Fsp3) is 0.240. The van der Waals surface area contributed by atoms with Crippen LogP contribution in [0.5, 0.6) is 11.6 Å². The number of carbonyl (C=O) groups excluding carboxylic acids is 2. The van der Waals surface area contributed by atoms with Gasteiger partial charge >= 0.3 is 6.03 Å². The van der Waals surface area contributed by atoms with E-state index in [1.165, 1.54) is 18.6 Å². The number of nitrogens with zero attached hydrogens (tertiary/aromatic N) is 2. The predicted molar refractivity (Wildman–Crippen MR) is 128 cm³/mol. The Morgan fingerprint density at radius 3 is 2.65 bits per heavy atom. The molecule has 9 heteroatoms. The van der Waals surface area contributed by atoms with Gasteiger partial charge in [-0.05, 0) is 55.7 Å². The van der Waals surface area contributed by atoms with Crippen LogP contribution in [0.4, 0.5) is 20.6 Å². The summed E-state index contributed by atoms with van der Waals surface area (Å²) in [5.74, 6) is -0.421. The third-order valence-corrected chi connectivity index (χ3v) is 5.53. The van der Waals surface area contributed by atoms with Gasteiger partial charge in [0.1, 0.15) is 11.6 Å². The topological polar surface area (TPSA) is 110 Å². The molecule has 176 valence electrons. The van der Waals surface area contributed by atoms with Crippen LogP contribution in [0.15, 0.2) is 60.8 Å². The number of pyridine rings is 1. The van der Waals surface area contributed by atoms with E-state index >= 15 is 0 Å². The molecule has 1 aromatic heterocycles. The number of halogens is 1. The minimum absolute atomic E-state index is 0.124. The average molecular weight is 464 g/mol. The highest BCUT2D eigenvalue weighted by atomic mass is 19.1. The number of nitrogens with two attached hydrogens (primary N) is 1. The van der Waals surface area contributed by atoms with Crippen molar-refractivity contribution in [2.45, 2.75) is 25.8 Å². The molecule has 1 aliphatic rings. The van der Waals surface area contributed by atoms with Crippen LogP contribution in [-0.2, 0) is 6.54 Å². The Balaban J connectivity index is 1.46. The van der Waals surface area contributed by atoms with Crippen LogP contribution in [0.1, 0.15) is 35.2 Å². The van der Waals surface area contributed by atoms with Crippen LogP contribution in [0.25, 0.3) is 0 Å². The van der Waals surface area contributed by atoms with Crippen LogP contribution in [0, 0.1) is 5.82 Å².